The fourth-order valence-electron chi connectivity index (χ4n) is 2.05. The lowest BCUT2D eigenvalue weighted by atomic mass is 10.3. The molecular formula is C11H15ClN4. The molecule has 2 aromatic heterocycles. The van der Waals surface area contributed by atoms with Crippen LogP contribution in [0, 0.1) is 0 Å². The molecule has 1 aliphatic rings. The molecule has 1 N–H and O–H groups in total. The minimum Gasteiger partial charge on any atom is -0.354 e. The number of fused-ring (bicyclic) bond motifs is 1. The lowest BCUT2D eigenvalue weighted by Crippen LogP contribution is -2.44. The third kappa shape index (κ3) is 1.86. The topological polar surface area (TPSA) is 32.6 Å². The van der Waals surface area contributed by atoms with Gasteiger partial charge in [0.15, 0.2) is 0 Å². The van der Waals surface area contributed by atoms with Crippen LogP contribution in [0.3, 0.4) is 0 Å². The highest BCUT2D eigenvalue weighted by Gasteiger charge is 2.13. The van der Waals surface area contributed by atoms with Gasteiger partial charge in [-0.3, -0.25) is 4.40 Å². The zero-order chi connectivity index (χ0) is 10.1. The second kappa shape index (κ2) is 4.72. The minimum atomic E-state index is 0. The van der Waals surface area contributed by atoms with Crippen molar-refractivity contribution in [2.24, 2.45) is 0 Å². The number of aromatic nitrogens is 2. The fourth-order valence-corrected chi connectivity index (χ4v) is 2.05. The Balaban J connectivity index is 0.000000963. The standard InChI is InChI=1S/C11H14N4.ClH/c1-2-6-15-10(3-1)13-9-11(15)14-7-4-12-5-8-14;/h1-3,6,9,12H,4-5,7-8H2;1H. The van der Waals surface area contributed by atoms with Crippen molar-refractivity contribution < 1.29 is 0 Å². The second-order valence-corrected chi connectivity index (χ2v) is 3.78. The van der Waals surface area contributed by atoms with E-state index in [1.54, 1.807) is 0 Å². The van der Waals surface area contributed by atoms with Crippen LogP contribution in [-0.2, 0) is 0 Å². The maximum absolute atomic E-state index is 4.39. The average Bonchev–Trinajstić information content (AvgIpc) is 2.74. The number of nitrogens with zero attached hydrogens (tertiary/aromatic N) is 3. The minimum absolute atomic E-state index is 0. The van der Waals surface area contributed by atoms with Gasteiger partial charge in [-0.1, -0.05) is 6.07 Å². The van der Waals surface area contributed by atoms with E-state index in [0.717, 1.165) is 31.8 Å². The van der Waals surface area contributed by atoms with E-state index in [0.29, 0.717) is 0 Å². The van der Waals surface area contributed by atoms with Crippen molar-refractivity contribution in [1.82, 2.24) is 14.7 Å². The summed E-state index contributed by atoms with van der Waals surface area (Å²) in [5, 5.41) is 3.35. The van der Waals surface area contributed by atoms with E-state index in [-0.39, 0.29) is 12.4 Å². The largest absolute Gasteiger partial charge is 0.354 e. The number of rotatable bonds is 1. The average molecular weight is 239 g/mol. The molecule has 1 fully saturated rings. The molecule has 5 heteroatoms. The molecular weight excluding hydrogens is 224 g/mol. The molecule has 86 valence electrons. The van der Waals surface area contributed by atoms with Gasteiger partial charge in [0.25, 0.3) is 0 Å². The summed E-state index contributed by atoms with van der Waals surface area (Å²) in [6.07, 6.45) is 4.03. The molecule has 0 radical (unpaired) electrons. The second-order valence-electron chi connectivity index (χ2n) is 3.78. The van der Waals surface area contributed by atoms with Crippen molar-refractivity contribution in [3.8, 4) is 0 Å². The van der Waals surface area contributed by atoms with Gasteiger partial charge in [-0.05, 0) is 12.1 Å². The van der Waals surface area contributed by atoms with Crippen LogP contribution >= 0.6 is 12.4 Å². The SMILES string of the molecule is Cl.c1ccn2c(N3CCNCC3)cnc2c1. The highest BCUT2D eigenvalue weighted by molar-refractivity contribution is 5.85. The van der Waals surface area contributed by atoms with Crippen molar-refractivity contribution in [2.45, 2.75) is 0 Å². The number of halogens is 1. The van der Waals surface area contributed by atoms with Crippen molar-refractivity contribution in [1.29, 1.82) is 0 Å². The molecule has 0 aliphatic carbocycles. The predicted octanol–water partition coefficient (Wildman–Crippen LogP) is 1.17. The van der Waals surface area contributed by atoms with Gasteiger partial charge < -0.3 is 10.2 Å². The molecule has 0 atom stereocenters. The number of anilines is 1. The molecule has 0 amide bonds. The van der Waals surface area contributed by atoms with E-state index in [2.05, 4.69) is 25.8 Å². The summed E-state index contributed by atoms with van der Waals surface area (Å²) >= 11 is 0. The first-order valence-electron chi connectivity index (χ1n) is 5.33. The maximum Gasteiger partial charge on any atom is 0.138 e. The number of hydrogen-bond acceptors (Lipinski definition) is 3. The van der Waals surface area contributed by atoms with Gasteiger partial charge in [-0.2, -0.15) is 0 Å². The van der Waals surface area contributed by atoms with Gasteiger partial charge in [0.2, 0.25) is 0 Å². The molecule has 4 nitrogen and oxygen atoms in total. The Morgan fingerprint density at radius 3 is 2.81 bits per heavy atom. The number of nitrogens with one attached hydrogen (secondary N) is 1. The first-order valence-corrected chi connectivity index (χ1v) is 5.33. The van der Waals surface area contributed by atoms with Crippen LogP contribution in [0.15, 0.2) is 30.6 Å². The summed E-state index contributed by atoms with van der Waals surface area (Å²) in [7, 11) is 0. The molecule has 1 aliphatic heterocycles. The normalized spacial score (nSPS) is 16.1. The summed E-state index contributed by atoms with van der Waals surface area (Å²) in [6.45, 7) is 4.23. The zero-order valence-corrected chi connectivity index (χ0v) is 9.78. The summed E-state index contributed by atoms with van der Waals surface area (Å²) in [5.74, 6) is 1.20. The Kier molecular flexibility index (Phi) is 3.31. The van der Waals surface area contributed by atoms with E-state index in [1.165, 1.54) is 5.82 Å². The quantitative estimate of drug-likeness (QED) is 0.810. The van der Waals surface area contributed by atoms with Crippen molar-refractivity contribution in [3.63, 3.8) is 0 Å². The van der Waals surface area contributed by atoms with Crippen molar-refractivity contribution in [2.75, 3.05) is 31.1 Å². The molecule has 2 aromatic rings. The Bertz CT molecular complexity index is 462. The lowest BCUT2D eigenvalue weighted by molar-refractivity contribution is 0.584. The fraction of sp³-hybridized carbons (Fsp3) is 0.364. The van der Waals surface area contributed by atoms with E-state index < -0.39 is 0 Å². The predicted molar refractivity (Wildman–Crippen MR) is 67.5 cm³/mol. The summed E-state index contributed by atoms with van der Waals surface area (Å²) in [4.78, 5) is 6.77. The molecule has 0 spiro atoms. The van der Waals surface area contributed by atoms with Crippen LogP contribution in [0.1, 0.15) is 0 Å². The Morgan fingerprint density at radius 1 is 1.19 bits per heavy atom. The number of pyridine rings is 1. The van der Waals surface area contributed by atoms with Gasteiger partial charge in [0.1, 0.15) is 11.5 Å². The van der Waals surface area contributed by atoms with Crippen LogP contribution in [0.25, 0.3) is 5.65 Å². The third-order valence-corrected chi connectivity index (χ3v) is 2.84. The highest BCUT2D eigenvalue weighted by Crippen LogP contribution is 2.16. The maximum atomic E-state index is 4.39. The van der Waals surface area contributed by atoms with Crippen LogP contribution in [0.4, 0.5) is 5.82 Å². The van der Waals surface area contributed by atoms with Gasteiger partial charge in [-0.15, -0.1) is 12.4 Å². The number of imidazole rings is 1. The van der Waals surface area contributed by atoms with Crippen LogP contribution in [-0.4, -0.2) is 35.6 Å². The smallest absolute Gasteiger partial charge is 0.138 e. The molecule has 0 bridgehead atoms. The van der Waals surface area contributed by atoms with Crippen LogP contribution in [0.5, 0.6) is 0 Å². The van der Waals surface area contributed by atoms with Gasteiger partial charge in [0.05, 0.1) is 6.20 Å². The summed E-state index contributed by atoms with van der Waals surface area (Å²) in [6, 6.07) is 6.09. The molecule has 0 unspecified atom stereocenters. The Hall–Kier alpha value is -1.26. The summed E-state index contributed by atoms with van der Waals surface area (Å²) < 4.78 is 2.14. The van der Waals surface area contributed by atoms with Crippen LogP contribution in [0.2, 0.25) is 0 Å². The van der Waals surface area contributed by atoms with Gasteiger partial charge >= 0.3 is 0 Å². The number of hydrogen-bond donors (Lipinski definition) is 1. The molecule has 0 saturated carbocycles. The van der Waals surface area contributed by atoms with Gasteiger partial charge in [-0.25, -0.2) is 4.98 Å². The lowest BCUT2D eigenvalue weighted by Gasteiger charge is -2.28. The Morgan fingerprint density at radius 2 is 2.00 bits per heavy atom. The molecule has 0 aromatic carbocycles. The molecule has 1 saturated heterocycles. The van der Waals surface area contributed by atoms with Crippen molar-refractivity contribution in [3.05, 3.63) is 30.6 Å². The van der Waals surface area contributed by atoms with Gasteiger partial charge in [0, 0.05) is 32.4 Å². The van der Waals surface area contributed by atoms with E-state index in [4.69, 9.17) is 0 Å². The van der Waals surface area contributed by atoms with Crippen molar-refractivity contribution >= 4 is 23.9 Å². The zero-order valence-electron chi connectivity index (χ0n) is 8.97. The molecule has 16 heavy (non-hydrogen) atoms. The first-order chi connectivity index (χ1) is 7.45. The van der Waals surface area contributed by atoms with E-state index in [9.17, 15) is 0 Å². The highest BCUT2D eigenvalue weighted by atomic mass is 35.5. The van der Waals surface area contributed by atoms with E-state index >= 15 is 0 Å². The molecule has 3 rings (SSSR count). The number of piperazine rings is 1. The monoisotopic (exact) mass is 238 g/mol. The van der Waals surface area contributed by atoms with E-state index in [1.807, 2.05) is 24.4 Å². The molecule has 3 heterocycles. The van der Waals surface area contributed by atoms with Crippen LogP contribution < -0.4 is 10.2 Å². The third-order valence-electron chi connectivity index (χ3n) is 2.84. The summed E-state index contributed by atoms with van der Waals surface area (Å²) in [5.41, 5.74) is 1.02. The Labute approximate surface area is 101 Å². The first kappa shape index (κ1) is 11.2.